The van der Waals surface area contributed by atoms with Crippen LogP contribution in [0.25, 0.3) is 0 Å². The highest BCUT2D eigenvalue weighted by atomic mass is 19.4. The number of nitro benzene ring substituents is 1. The molecular formula is C16H22F3N3O2. The first-order valence-corrected chi connectivity index (χ1v) is 7.93. The Morgan fingerprint density at radius 3 is 2.33 bits per heavy atom. The molecule has 8 heteroatoms. The second kappa shape index (κ2) is 6.96. The Morgan fingerprint density at radius 2 is 1.88 bits per heavy atom. The van der Waals surface area contributed by atoms with Crippen molar-refractivity contribution in [3.8, 4) is 0 Å². The van der Waals surface area contributed by atoms with Crippen molar-refractivity contribution >= 4 is 11.4 Å². The Labute approximate surface area is 139 Å². The topological polar surface area (TPSA) is 49.6 Å². The Hall–Kier alpha value is -1.83. The summed E-state index contributed by atoms with van der Waals surface area (Å²) >= 11 is 0. The molecule has 0 N–H and O–H groups in total. The molecule has 24 heavy (non-hydrogen) atoms. The largest absolute Gasteiger partial charge is 0.423 e. The Bertz CT molecular complexity index is 597. The molecule has 0 atom stereocenters. The van der Waals surface area contributed by atoms with Gasteiger partial charge in [0.25, 0.3) is 5.69 Å². The standard InChI is InChI=1S/C16H22F3N3O2/c1-11(2)21-8-6-12(7-9-21)20(3)13-4-5-15(22(23)24)14(10-13)16(17,18)19/h4-5,10-12H,6-9H2,1-3H3. The quantitative estimate of drug-likeness (QED) is 0.613. The molecule has 1 fully saturated rings. The zero-order valence-electron chi connectivity index (χ0n) is 14.0. The first-order chi connectivity index (χ1) is 11.1. The molecule has 1 heterocycles. The summed E-state index contributed by atoms with van der Waals surface area (Å²) in [6.45, 7) is 6.03. The Balaban J connectivity index is 2.21. The highest BCUT2D eigenvalue weighted by Gasteiger charge is 2.39. The van der Waals surface area contributed by atoms with Gasteiger partial charge in [0.15, 0.2) is 0 Å². The van der Waals surface area contributed by atoms with Crippen LogP contribution in [0.4, 0.5) is 24.5 Å². The van der Waals surface area contributed by atoms with Gasteiger partial charge in [-0.3, -0.25) is 10.1 Å². The molecule has 0 aromatic heterocycles. The molecule has 134 valence electrons. The van der Waals surface area contributed by atoms with Crippen molar-refractivity contribution in [2.75, 3.05) is 25.0 Å². The number of likely N-dealkylation sites (tertiary alicyclic amines) is 1. The summed E-state index contributed by atoms with van der Waals surface area (Å²) in [5.74, 6) is 0. The molecule has 5 nitrogen and oxygen atoms in total. The van der Waals surface area contributed by atoms with E-state index in [1.165, 1.54) is 6.07 Å². The number of anilines is 1. The summed E-state index contributed by atoms with van der Waals surface area (Å²) in [4.78, 5) is 14.0. The summed E-state index contributed by atoms with van der Waals surface area (Å²) in [5, 5.41) is 10.8. The van der Waals surface area contributed by atoms with Crippen molar-refractivity contribution in [1.82, 2.24) is 4.90 Å². The molecule has 2 rings (SSSR count). The van der Waals surface area contributed by atoms with Crippen LogP contribution in [-0.2, 0) is 6.18 Å². The van der Waals surface area contributed by atoms with Crippen LogP contribution in [0.1, 0.15) is 32.3 Å². The minimum Gasteiger partial charge on any atom is -0.371 e. The minimum absolute atomic E-state index is 0.127. The van der Waals surface area contributed by atoms with Gasteiger partial charge in [0.05, 0.1) is 4.92 Å². The number of benzene rings is 1. The third-order valence-corrected chi connectivity index (χ3v) is 4.67. The van der Waals surface area contributed by atoms with Crippen LogP contribution in [0.2, 0.25) is 0 Å². The minimum atomic E-state index is -4.75. The molecule has 0 spiro atoms. The molecule has 0 saturated carbocycles. The summed E-state index contributed by atoms with van der Waals surface area (Å²) in [6.07, 6.45) is -3.04. The van der Waals surface area contributed by atoms with Crippen molar-refractivity contribution < 1.29 is 18.1 Å². The van der Waals surface area contributed by atoms with E-state index in [2.05, 4.69) is 18.7 Å². The lowest BCUT2D eigenvalue weighted by Crippen LogP contribution is -2.45. The Morgan fingerprint density at radius 1 is 1.29 bits per heavy atom. The number of piperidine rings is 1. The van der Waals surface area contributed by atoms with Crippen LogP contribution in [0.5, 0.6) is 0 Å². The van der Waals surface area contributed by atoms with Gasteiger partial charge in [0.1, 0.15) is 5.56 Å². The molecule has 0 unspecified atom stereocenters. The van der Waals surface area contributed by atoms with Crippen LogP contribution >= 0.6 is 0 Å². The van der Waals surface area contributed by atoms with E-state index >= 15 is 0 Å². The smallest absolute Gasteiger partial charge is 0.371 e. The van der Waals surface area contributed by atoms with Gasteiger partial charge >= 0.3 is 6.18 Å². The van der Waals surface area contributed by atoms with Gasteiger partial charge in [-0.15, -0.1) is 0 Å². The van der Waals surface area contributed by atoms with Gasteiger partial charge in [0.2, 0.25) is 0 Å². The number of nitrogens with zero attached hydrogens (tertiary/aromatic N) is 3. The summed E-state index contributed by atoms with van der Waals surface area (Å²) in [7, 11) is 1.75. The molecule has 1 aromatic carbocycles. The van der Waals surface area contributed by atoms with Gasteiger partial charge < -0.3 is 9.80 Å². The first kappa shape index (κ1) is 18.5. The third kappa shape index (κ3) is 3.98. The van der Waals surface area contributed by atoms with Gasteiger partial charge in [-0.1, -0.05) is 0 Å². The maximum atomic E-state index is 13.1. The van der Waals surface area contributed by atoms with E-state index in [4.69, 9.17) is 0 Å². The van der Waals surface area contributed by atoms with Crippen molar-refractivity contribution in [2.45, 2.75) is 44.9 Å². The van der Waals surface area contributed by atoms with E-state index in [0.29, 0.717) is 11.7 Å². The fraction of sp³-hybridized carbons (Fsp3) is 0.625. The average molecular weight is 345 g/mol. The van der Waals surface area contributed by atoms with Gasteiger partial charge in [0, 0.05) is 44.0 Å². The molecule has 0 radical (unpaired) electrons. The zero-order chi connectivity index (χ0) is 18.1. The van der Waals surface area contributed by atoms with Crippen molar-refractivity contribution in [2.24, 2.45) is 0 Å². The maximum Gasteiger partial charge on any atom is 0.423 e. The predicted molar refractivity (Wildman–Crippen MR) is 86.2 cm³/mol. The van der Waals surface area contributed by atoms with E-state index < -0.39 is 22.4 Å². The maximum absolute atomic E-state index is 13.1. The van der Waals surface area contributed by atoms with Gasteiger partial charge in [-0.25, -0.2) is 0 Å². The molecular weight excluding hydrogens is 323 g/mol. The van der Waals surface area contributed by atoms with Crippen LogP contribution < -0.4 is 4.90 Å². The number of hydrogen-bond acceptors (Lipinski definition) is 4. The zero-order valence-corrected chi connectivity index (χ0v) is 14.0. The molecule has 1 aromatic rings. The highest BCUT2D eigenvalue weighted by Crippen LogP contribution is 2.38. The van der Waals surface area contributed by atoms with Gasteiger partial charge in [-0.05, 0) is 38.8 Å². The lowest BCUT2D eigenvalue weighted by atomic mass is 10.0. The average Bonchev–Trinajstić information content (AvgIpc) is 2.52. The van der Waals surface area contributed by atoms with Crippen molar-refractivity contribution in [1.29, 1.82) is 0 Å². The second-order valence-electron chi connectivity index (χ2n) is 6.43. The molecule has 0 aliphatic carbocycles. The number of rotatable bonds is 4. The lowest BCUT2D eigenvalue weighted by molar-refractivity contribution is -0.388. The Kier molecular flexibility index (Phi) is 5.37. The summed E-state index contributed by atoms with van der Waals surface area (Å²) < 4.78 is 39.3. The van der Waals surface area contributed by atoms with Gasteiger partial charge in [-0.2, -0.15) is 13.2 Å². The molecule has 1 aliphatic rings. The van der Waals surface area contributed by atoms with Crippen LogP contribution in [0.3, 0.4) is 0 Å². The molecule has 0 bridgehead atoms. The van der Waals surface area contributed by atoms with Crippen LogP contribution in [0, 0.1) is 10.1 Å². The highest BCUT2D eigenvalue weighted by molar-refractivity contribution is 5.57. The van der Waals surface area contributed by atoms with E-state index in [0.717, 1.165) is 38.1 Å². The van der Waals surface area contributed by atoms with Crippen molar-refractivity contribution in [3.63, 3.8) is 0 Å². The predicted octanol–water partition coefficient (Wildman–Crippen LogP) is 3.92. The van der Waals surface area contributed by atoms with E-state index in [1.807, 2.05) is 0 Å². The summed E-state index contributed by atoms with van der Waals surface area (Å²) in [6, 6.07) is 3.79. The molecule has 1 saturated heterocycles. The SMILES string of the molecule is CC(C)N1CCC(N(C)c2ccc([N+](=O)[O-])c(C(F)(F)F)c2)CC1. The molecule has 0 amide bonds. The normalized spacial score (nSPS) is 17.3. The number of nitro groups is 1. The fourth-order valence-corrected chi connectivity index (χ4v) is 3.13. The van der Waals surface area contributed by atoms with Crippen molar-refractivity contribution in [3.05, 3.63) is 33.9 Å². The molecule has 1 aliphatic heterocycles. The van der Waals surface area contributed by atoms with E-state index in [-0.39, 0.29) is 6.04 Å². The van der Waals surface area contributed by atoms with E-state index in [1.54, 1.807) is 11.9 Å². The van der Waals surface area contributed by atoms with Crippen LogP contribution in [-0.4, -0.2) is 42.0 Å². The number of alkyl halides is 3. The van der Waals surface area contributed by atoms with E-state index in [9.17, 15) is 23.3 Å². The van der Waals surface area contributed by atoms with Crippen LogP contribution in [0.15, 0.2) is 18.2 Å². The monoisotopic (exact) mass is 345 g/mol. The second-order valence-corrected chi connectivity index (χ2v) is 6.43. The number of halogens is 3. The first-order valence-electron chi connectivity index (χ1n) is 7.93. The number of hydrogen-bond donors (Lipinski definition) is 0. The fourth-order valence-electron chi connectivity index (χ4n) is 3.13. The summed E-state index contributed by atoms with van der Waals surface area (Å²) in [5.41, 5.74) is -1.75. The third-order valence-electron chi connectivity index (χ3n) is 4.67. The lowest BCUT2D eigenvalue weighted by Gasteiger charge is -2.39.